The van der Waals surface area contributed by atoms with E-state index in [1.807, 2.05) is 50.2 Å². The van der Waals surface area contributed by atoms with Crippen LogP contribution in [-0.4, -0.2) is 30.8 Å². The number of fused-ring (bicyclic) bond motifs is 4. The number of carboxylic acids is 1. The third-order valence-electron chi connectivity index (χ3n) is 9.00. The molecule has 0 radical (unpaired) electrons. The van der Waals surface area contributed by atoms with Crippen LogP contribution in [0.2, 0.25) is 0 Å². The summed E-state index contributed by atoms with van der Waals surface area (Å²) in [5, 5.41) is 13.8. The summed E-state index contributed by atoms with van der Waals surface area (Å²) in [5.74, 6) is -1.52. The van der Waals surface area contributed by atoms with Gasteiger partial charge in [-0.05, 0) is 79.1 Å². The molecule has 8 rings (SSSR count). The molecule has 4 aromatic heterocycles. The third kappa shape index (κ3) is 5.14. The van der Waals surface area contributed by atoms with Crippen LogP contribution in [0.4, 0.5) is 0 Å². The molecule has 0 bridgehead atoms. The zero-order chi connectivity index (χ0) is 32.7. The number of benzene rings is 4. The Morgan fingerprint density at radius 2 is 1.38 bits per heavy atom. The van der Waals surface area contributed by atoms with Crippen LogP contribution in [0.5, 0.6) is 0 Å². The highest BCUT2D eigenvalue weighted by atomic mass is 16.4. The summed E-state index contributed by atoms with van der Waals surface area (Å²) in [7, 11) is 0. The second-order valence-electron chi connectivity index (χ2n) is 11.6. The Hall–Kier alpha value is -6.01. The van der Waals surface area contributed by atoms with Crippen LogP contribution in [0, 0.1) is 13.8 Å². The molecule has 4 aromatic carbocycles. The first-order chi connectivity index (χ1) is 22.9. The summed E-state index contributed by atoms with van der Waals surface area (Å²) in [4.78, 5) is 29.7. The lowest BCUT2D eigenvalue weighted by Gasteiger charge is -2.09. The first-order valence-corrected chi connectivity index (χ1v) is 15.7. The van der Waals surface area contributed by atoms with Gasteiger partial charge in [0.2, 0.25) is 5.78 Å². The molecule has 0 amide bonds. The van der Waals surface area contributed by atoms with Crippen LogP contribution in [0.15, 0.2) is 128 Å². The molecule has 47 heavy (non-hydrogen) atoms. The zero-order valence-corrected chi connectivity index (χ0v) is 26.4. The summed E-state index contributed by atoms with van der Waals surface area (Å²) in [5.41, 5.74) is 8.00. The van der Waals surface area contributed by atoms with Crippen LogP contribution in [-0.2, 0) is 6.54 Å². The van der Waals surface area contributed by atoms with Crippen molar-refractivity contribution in [2.45, 2.75) is 27.3 Å². The topological polar surface area (TPSA) is 76.6 Å². The normalized spacial score (nSPS) is 11.2. The monoisotopic (exact) mass is 615 g/mol. The van der Waals surface area contributed by atoms with E-state index in [1.165, 1.54) is 39.0 Å². The van der Waals surface area contributed by atoms with Crippen molar-refractivity contribution in [2.75, 3.05) is 0 Å². The number of carboxylic acid groups (broad SMARTS) is 1. The van der Waals surface area contributed by atoms with E-state index >= 15 is 0 Å². The van der Waals surface area contributed by atoms with Crippen molar-refractivity contribution in [1.29, 1.82) is 0 Å². The standard InChI is InChI=1S/C22H18N2O3.C19H15N/c1-3-24-13(2)19(15-9-5-7-11-18(15)24)21(25)20-16(22(26)27)12-14-8-4-6-10-17(14)23-20;1-14-16-7-3-2-6-15(16)9-10-17(14)18-11-13-20-12-5-4-8-19(18)20/h4-12H,3H2,1-2H3,(H,26,27);2-13H,1H3. The first-order valence-electron chi connectivity index (χ1n) is 15.7. The van der Waals surface area contributed by atoms with Gasteiger partial charge in [0.15, 0.2) is 0 Å². The number of aromatic nitrogens is 3. The van der Waals surface area contributed by atoms with Gasteiger partial charge in [0.1, 0.15) is 5.69 Å². The average molecular weight is 616 g/mol. The molecule has 8 aromatic rings. The van der Waals surface area contributed by atoms with Crippen molar-refractivity contribution in [1.82, 2.24) is 14.0 Å². The summed E-state index contributed by atoms with van der Waals surface area (Å²) < 4.78 is 4.23. The minimum absolute atomic E-state index is 0.0247. The van der Waals surface area contributed by atoms with Gasteiger partial charge in [-0.25, -0.2) is 9.78 Å². The van der Waals surface area contributed by atoms with Crippen LogP contribution in [0.25, 0.3) is 49.2 Å². The SMILES string of the molecule is CCn1c(C)c(C(=O)c2nc3ccccc3cc2C(=O)O)c2ccccc21.Cc1c(-c2ccn3ccccc23)ccc2ccccc12. The van der Waals surface area contributed by atoms with Gasteiger partial charge in [-0.3, -0.25) is 4.79 Å². The number of rotatable bonds is 5. The number of ketones is 1. The van der Waals surface area contributed by atoms with E-state index in [9.17, 15) is 14.7 Å². The maximum atomic E-state index is 13.4. The van der Waals surface area contributed by atoms with Crippen LogP contribution < -0.4 is 0 Å². The van der Waals surface area contributed by atoms with Gasteiger partial charge in [-0.15, -0.1) is 0 Å². The molecule has 6 nitrogen and oxygen atoms in total. The van der Waals surface area contributed by atoms with Crippen molar-refractivity contribution < 1.29 is 14.7 Å². The lowest BCUT2D eigenvalue weighted by molar-refractivity contribution is 0.0692. The van der Waals surface area contributed by atoms with Gasteiger partial charge in [0, 0.05) is 46.5 Å². The minimum atomic E-state index is -1.16. The number of aryl methyl sites for hydroxylation is 2. The van der Waals surface area contributed by atoms with Crippen LogP contribution in [0.3, 0.4) is 0 Å². The Balaban J connectivity index is 0.000000156. The van der Waals surface area contributed by atoms with E-state index in [-0.39, 0.29) is 17.0 Å². The van der Waals surface area contributed by atoms with Gasteiger partial charge in [-0.1, -0.05) is 78.9 Å². The van der Waals surface area contributed by atoms with Crippen molar-refractivity contribution in [3.63, 3.8) is 0 Å². The Morgan fingerprint density at radius 1 is 0.702 bits per heavy atom. The molecular weight excluding hydrogens is 582 g/mol. The van der Waals surface area contributed by atoms with E-state index < -0.39 is 5.97 Å². The number of nitrogens with zero attached hydrogens (tertiary/aromatic N) is 3. The number of pyridine rings is 2. The van der Waals surface area contributed by atoms with Gasteiger partial charge in [0.05, 0.1) is 22.2 Å². The number of carbonyl (C=O) groups is 2. The fourth-order valence-corrected chi connectivity index (χ4v) is 6.70. The van der Waals surface area contributed by atoms with Gasteiger partial charge in [0.25, 0.3) is 0 Å². The van der Waals surface area contributed by atoms with Crippen LogP contribution in [0.1, 0.15) is 44.6 Å². The predicted molar refractivity (Wildman–Crippen MR) is 190 cm³/mol. The first kappa shape index (κ1) is 29.7. The Kier molecular flexibility index (Phi) is 7.62. The third-order valence-corrected chi connectivity index (χ3v) is 9.00. The molecule has 0 atom stereocenters. The Bertz CT molecular complexity index is 2480. The second kappa shape index (κ2) is 12.1. The maximum absolute atomic E-state index is 13.4. The maximum Gasteiger partial charge on any atom is 0.338 e. The van der Waals surface area contributed by atoms with E-state index in [1.54, 1.807) is 12.1 Å². The molecule has 0 aliphatic rings. The minimum Gasteiger partial charge on any atom is -0.478 e. The number of para-hydroxylation sites is 2. The van der Waals surface area contributed by atoms with Gasteiger partial charge >= 0.3 is 5.97 Å². The fourth-order valence-electron chi connectivity index (χ4n) is 6.70. The fraction of sp³-hybridized carbons (Fsp3) is 0.0976. The summed E-state index contributed by atoms with van der Waals surface area (Å²) in [6.45, 7) is 6.84. The number of carbonyl (C=O) groups excluding carboxylic acids is 1. The van der Waals surface area contributed by atoms with E-state index in [2.05, 4.69) is 93.9 Å². The Labute approximate surface area is 272 Å². The lowest BCUT2D eigenvalue weighted by Crippen LogP contribution is -2.13. The summed E-state index contributed by atoms with van der Waals surface area (Å²) in [6, 6.07) is 37.9. The molecule has 0 unspecified atom stereocenters. The molecule has 6 heteroatoms. The van der Waals surface area contributed by atoms with Gasteiger partial charge < -0.3 is 14.1 Å². The molecule has 0 aliphatic carbocycles. The molecule has 230 valence electrons. The molecular formula is C41H33N3O3. The molecule has 0 fully saturated rings. The van der Waals surface area contributed by atoms with E-state index in [0.29, 0.717) is 16.5 Å². The van der Waals surface area contributed by atoms with Crippen molar-refractivity contribution in [2.24, 2.45) is 0 Å². The van der Waals surface area contributed by atoms with Crippen molar-refractivity contribution >= 4 is 49.8 Å². The van der Waals surface area contributed by atoms with E-state index in [0.717, 1.165) is 23.1 Å². The molecule has 4 heterocycles. The highest BCUT2D eigenvalue weighted by Gasteiger charge is 2.26. The average Bonchev–Trinajstić information content (AvgIpc) is 3.65. The highest BCUT2D eigenvalue weighted by Crippen LogP contribution is 2.33. The molecule has 0 saturated heterocycles. The zero-order valence-electron chi connectivity index (χ0n) is 26.4. The van der Waals surface area contributed by atoms with Crippen molar-refractivity contribution in [3.8, 4) is 11.1 Å². The molecule has 1 N–H and O–H groups in total. The Morgan fingerprint density at radius 3 is 2.17 bits per heavy atom. The smallest absolute Gasteiger partial charge is 0.338 e. The summed E-state index contributed by atoms with van der Waals surface area (Å²) >= 11 is 0. The van der Waals surface area contributed by atoms with Gasteiger partial charge in [-0.2, -0.15) is 0 Å². The molecule has 0 saturated carbocycles. The largest absolute Gasteiger partial charge is 0.478 e. The predicted octanol–water partition coefficient (Wildman–Crippen LogP) is 9.51. The molecule has 0 aliphatic heterocycles. The van der Waals surface area contributed by atoms with Crippen molar-refractivity contribution in [3.05, 3.63) is 156 Å². The summed E-state index contributed by atoms with van der Waals surface area (Å²) in [6.07, 6.45) is 4.22. The van der Waals surface area contributed by atoms with Crippen LogP contribution >= 0.6 is 0 Å². The number of hydrogen-bond acceptors (Lipinski definition) is 3. The number of aromatic carboxylic acids is 1. The second-order valence-corrected chi connectivity index (χ2v) is 11.6. The molecule has 0 spiro atoms. The highest BCUT2D eigenvalue weighted by molar-refractivity contribution is 6.20. The quantitative estimate of drug-likeness (QED) is 0.196. The lowest BCUT2D eigenvalue weighted by atomic mass is 9.96. The van der Waals surface area contributed by atoms with E-state index in [4.69, 9.17) is 0 Å². The number of hydrogen-bond donors (Lipinski definition) is 1.